The Morgan fingerprint density at radius 1 is 0.833 bits per heavy atom. The van der Waals surface area contributed by atoms with E-state index in [1.807, 2.05) is 0 Å². The highest BCUT2D eigenvalue weighted by atomic mass is 16.4. The fourth-order valence-corrected chi connectivity index (χ4v) is 1.06. The first kappa shape index (κ1) is 15.3. The number of nitriles is 2. The molecule has 0 heterocycles. The van der Waals surface area contributed by atoms with Gasteiger partial charge in [-0.2, -0.15) is 10.5 Å². The summed E-state index contributed by atoms with van der Waals surface area (Å²) in [5, 5.41) is 33.7. The third-order valence-electron chi connectivity index (χ3n) is 2.01. The van der Waals surface area contributed by atoms with Crippen molar-refractivity contribution in [3.63, 3.8) is 0 Å². The van der Waals surface area contributed by atoms with Crippen LogP contribution in [0.3, 0.4) is 0 Å². The van der Waals surface area contributed by atoms with Crippen molar-refractivity contribution in [3.05, 3.63) is 0 Å². The average molecular weight is 252 g/mol. The lowest BCUT2D eigenvalue weighted by molar-refractivity contribution is -0.147. The van der Waals surface area contributed by atoms with Crippen molar-refractivity contribution in [3.8, 4) is 12.1 Å². The van der Waals surface area contributed by atoms with Crippen molar-refractivity contribution in [1.82, 2.24) is 0 Å². The lowest BCUT2D eigenvalue weighted by Gasteiger charge is -2.04. The molecule has 0 aromatic carbocycles. The number of carboxylic acids is 2. The van der Waals surface area contributed by atoms with Crippen LogP contribution in [-0.4, -0.2) is 33.7 Å². The number of ketones is 2. The molecule has 0 amide bonds. The normalized spacial score (nSPS) is 12.6. The summed E-state index contributed by atoms with van der Waals surface area (Å²) in [6.45, 7) is 0. The molecule has 0 fully saturated rings. The molecule has 0 aliphatic carbocycles. The maximum absolute atomic E-state index is 11.2. The summed E-state index contributed by atoms with van der Waals surface area (Å²) in [5.74, 6) is -9.04. The largest absolute Gasteiger partial charge is 0.480 e. The minimum absolute atomic E-state index is 0.588. The first-order valence-electron chi connectivity index (χ1n) is 4.65. The molecular formula is C10H8N2O6. The molecule has 8 nitrogen and oxygen atoms in total. The second-order valence-electron chi connectivity index (χ2n) is 3.23. The zero-order chi connectivity index (χ0) is 14.3. The van der Waals surface area contributed by atoms with Gasteiger partial charge in [0.05, 0.1) is 12.1 Å². The van der Waals surface area contributed by atoms with Crippen LogP contribution >= 0.6 is 0 Å². The lowest BCUT2D eigenvalue weighted by Crippen LogP contribution is -2.26. The van der Waals surface area contributed by atoms with Crippen LogP contribution < -0.4 is 0 Å². The van der Waals surface area contributed by atoms with Crippen molar-refractivity contribution in [1.29, 1.82) is 10.5 Å². The summed E-state index contributed by atoms with van der Waals surface area (Å²) in [7, 11) is 0. The Labute approximate surface area is 101 Å². The van der Waals surface area contributed by atoms with Gasteiger partial charge in [0.2, 0.25) is 11.8 Å². The Hall–Kier alpha value is -2.74. The average Bonchev–Trinajstić information content (AvgIpc) is 2.27. The number of hydrogen-bond donors (Lipinski definition) is 2. The molecule has 0 saturated carbocycles. The molecule has 0 aliphatic rings. The molecule has 2 unspecified atom stereocenters. The van der Waals surface area contributed by atoms with E-state index in [2.05, 4.69) is 0 Å². The summed E-state index contributed by atoms with van der Waals surface area (Å²) < 4.78 is 0. The topological polar surface area (TPSA) is 156 Å². The maximum atomic E-state index is 11.2. The molecule has 0 radical (unpaired) electrons. The van der Waals surface area contributed by atoms with E-state index in [1.54, 1.807) is 0 Å². The fourth-order valence-electron chi connectivity index (χ4n) is 1.06. The van der Waals surface area contributed by atoms with Gasteiger partial charge in [0, 0.05) is 12.8 Å². The number of carbonyl (C=O) groups is 4. The van der Waals surface area contributed by atoms with E-state index in [-0.39, 0.29) is 0 Å². The van der Waals surface area contributed by atoms with Crippen LogP contribution in [0.5, 0.6) is 0 Å². The number of carbonyl (C=O) groups excluding carboxylic acids is 2. The molecule has 18 heavy (non-hydrogen) atoms. The van der Waals surface area contributed by atoms with Crippen LogP contribution in [0.2, 0.25) is 0 Å². The van der Waals surface area contributed by atoms with Gasteiger partial charge < -0.3 is 10.2 Å². The van der Waals surface area contributed by atoms with Crippen molar-refractivity contribution in [2.75, 3.05) is 0 Å². The van der Waals surface area contributed by atoms with Gasteiger partial charge in [-0.25, -0.2) is 0 Å². The monoisotopic (exact) mass is 252 g/mol. The summed E-state index contributed by atoms with van der Waals surface area (Å²) in [4.78, 5) is 43.3. The number of nitrogens with zero attached hydrogens (tertiary/aromatic N) is 2. The molecule has 0 aromatic heterocycles. The van der Waals surface area contributed by atoms with Gasteiger partial charge in [0.15, 0.2) is 11.6 Å². The highest BCUT2D eigenvalue weighted by molar-refractivity contribution is 6.05. The third-order valence-corrected chi connectivity index (χ3v) is 2.01. The first-order chi connectivity index (χ1) is 8.34. The molecule has 94 valence electrons. The van der Waals surface area contributed by atoms with Gasteiger partial charge >= 0.3 is 11.9 Å². The molecule has 0 spiro atoms. The summed E-state index contributed by atoms with van der Waals surface area (Å²) >= 11 is 0. The first-order valence-corrected chi connectivity index (χ1v) is 4.65. The number of aliphatic carboxylic acids is 2. The van der Waals surface area contributed by atoms with E-state index in [1.165, 1.54) is 12.1 Å². The molecule has 0 aromatic rings. The summed E-state index contributed by atoms with van der Waals surface area (Å²) in [6, 6.07) is 2.50. The molecule has 0 saturated heterocycles. The van der Waals surface area contributed by atoms with E-state index in [0.717, 1.165) is 0 Å². The smallest absolute Gasteiger partial charge is 0.328 e. The number of hydrogen-bond acceptors (Lipinski definition) is 6. The van der Waals surface area contributed by atoms with Crippen LogP contribution in [0.1, 0.15) is 12.8 Å². The minimum atomic E-state index is -1.89. The van der Waals surface area contributed by atoms with Gasteiger partial charge in [-0.1, -0.05) is 0 Å². The summed E-state index contributed by atoms with van der Waals surface area (Å²) in [6.07, 6.45) is -1.18. The van der Waals surface area contributed by atoms with E-state index >= 15 is 0 Å². The van der Waals surface area contributed by atoms with Crippen molar-refractivity contribution in [2.45, 2.75) is 12.8 Å². The van der Waals surface area contributed by atoms with Crippen LogP contribution in [-0.2, 0) is 19.2 Å². The Bertz CT molecular complexity index is 426. The number of carboxylic acid groups (broad SMARTS) is 2. The van der Waals surface area contributed by atoms with Crippen LogP contribution in [0, 0.1) is 34.5 Å². The zero-order valence-corrected chi connectivity index (χ0v) is 8.99. The van der Waals surface area contributed by atoms with Gasteiger partial charge in [-0.15, -0.1) is 0 Å². The second-order valence-corrected chi connectivity index (χ2v) is 3.23. The highest BCUT2D eigenvalue weighted by Gasteiger charge is 2.29. The van der Waals surface area contributed by atoms with Gasteiger partial charge in [0.25, 0.3) is 0 Å². The standard InChI is InChI=1S/C10H8N2O6/c11-3-5(9(15)16)7(13)1-2-8(14)6(4-12)10(17)18/h5-6H,1-2H2,(H,15,16)(H,17,18). The fraction of sp³-hybridized carbons (Fsp3) is 0.400. The van der Waals surface area contributed by atoms with Crippen LogP contribution in [0.4, 0.5) is 0 Å². The SMILES string of the molecule is N#CC(C(=O)O)C(=O)CCC(=O)C(C#N)C(=O)O. The molecule has 0 bridgehead atoms. The minimum Gasteiger partial charge on any atom is -0.480 e. The third kappa shape index (κ3) is 4.02. The molecular weight excluding hydrogens is 244 g/mol. The second kappa shape index (κ2) is 6.76. The number of rotatable bonds is 7. The summed E-state index contributed by atoms with van der Waals surface area (Å²) in [5.41, 5.74) is 0. The van der Waals surface area contributed by atoms with Gasteiger partial charge in [-0.3, -0.25) is 19.2 Å². The van der Waals surface area contributed by atoms with Crippen molar-refractivity contribution >= 4 is 23.5 Å². The Morgan fingerprint density at radius 3 is 1.28 bits per heavy atom. The molecule has 0 rings (SSSR count). The van der Waals surface area contributed by atoms with Gasteiger partial charge in [0.1, 0.15) is 0 Å². The molecule has 8 heteroatoms. The van der Waals surface area contributed by atoms with Crippen LogP contribution in [0.25, 0.3) is 0 Å². The molecule has 2 atom stereocenters. The Balaban J connectivity index is 4.52. The van der Waals surface area contributed by atoms with Crippen molar-refractivity contribution < 1.29 is 29.4 Å². The Kier molecular flexibility index (Phi) is 5.73. The van der Waals surface area contributed by atoms with Gasteiger partial charge in [-0.05, 0) is 0 Å². The van der Waals surface area contributed by atoms with E-state index < -0.39 is 48.2 Å². The quantitative estimate of drug-likeness (QED) is 0.566. The number of Topliss-reactive ketones (excluding diaryl/α,β-unsaturated/α-hetero) is 2. The highest BCUT2D eigenvalue weighted by Crippen LogP contribution is 2.08. The van der Waals surface area contributed by atoms with E-state index in [4.69, 9.17) is 20.7 Å². The molecule has 2 N–H and O–H groups in total. The van der Waals surface area contributed by atoms with E-state index in [9.17, 15) is 19.2 Å². The predicted molar refractivity (Wildman–Crippen MR) is 52.7 cm³/mol. The van der Waals surface area contributed by atoms with Crippen molar-refractivity contribution in [2.24, 2.45) is 11.8 Å². The van der Waals surface area contributed by atoms with Crippen LogP contribution in [0.15, 0.2) is 0 Å². The Morgan fingerprint density at radius 2 is 1.11 bits per heavy atom. The molecule has 0 aliphatic heterocycles. The van der Waals surface area contributed by atoms with E-state index in [0.29, 0.717) is 0 Å². The predicted octanol–water partition coefficient (Wildman–Crippen LogP) is -0.646. The maximum Gasteiger partial charge on any atom is 0.328 e. The lowest BCUT2D eigenvalue weighted by atomic mass is 9.96. The zero-order valence-electron chi connectivity index (χ0n) is 8.99.